The fourth-order valence-corrected chi connectivity index (χ4v) is 4.42. The Morgan fingerprint density at radius 2 is 1.64 bits per heavy atom. The highest BCUT2D eigenvalue weighted by Crippen LogP contribution is 2.46. The Kier molecular flexibility index (Phi) is 6.15. The minimum Gasteiger partial charge on any atom is -0.497 e. The molecule has 1 aromatic heterocycles. The molecule has 3 rings (SSSR count). The van der Waals surface area contributed by atoms with Gasteiger partial charge in [0.1, 0.15) is 11.6 Å². The average molecular weight is 398 g/mol. The lowest BCUT2D eigenvalue weighted by molar-refractivity contribution is 0.0526. The number of halogens is 1. The van der Waals surface area contributed by atoms with Crippen molar-refractivity contribution in [2.75, 3.05) is 13.7 Å². The first kappa shape index (κ1) is 20.1. The van der Waals surface area contributed by atoms with E-state index in [2.05, 4.69) is 13.8 Å². The number of thiophene rings is 1. The molecule has 0 atom stereocenters. The van der Waals surface area contributed by atoms with Crippen LogP contribution in [-0.4, -0.2) is 19.7 Å². The Hall–Kier alpha value is -2.66. The molecule has 28 heavy (non-hydrogen) atoms. The maximum Gasteiger partial charge on any atom is 0.339 e. The van der Waals surface area contributed by atoms with Crippen molar-refractivity contribution in [1.82, 2.24) is 0 Å². The highest BCUT2D eigenvalue weighted by Gasteiger charge is 2.27. The lowest BCUT2D eigenvalue weighted by Gasteiger charge is -2.11. The van der Waals surface area contributed by atoms with E-state index in [-0.39, 0.29) is 17.7 Å². The van der Waals surface area contributed by atoms with Crippen molar-refractivity contribution in [3.05, 3.63) is 64.8 Å². The van der Waals surface area contributed by atoms with Crippen LogP contribution in [0.25, 0.3) is 21.6 Å². The van der Waals surface area contributed by atoms with Crippen LogP contribution < -0.4 is 4.74 Å². The molecule has 0 spiro atoms. The number of benzene rings is 2. The molecule has 0 saturated carbocycles. The van der Waals surface area contributed by atoms with Crippen molar-refractivity contribution < 1.29 is 18.7 Å². The van der Waals surface area contributed by atoms with Crippen LogP contribution in [0.15, 0.2) is 48.5 Å². The van der Waals surface area contributed by atoms with Gasteiger partial charge in [-0.3, -0.25) is 0 Å². The number of rotatable bonds is 6. The normalized spacial score (nSPS) is 10.9. The summed E-state index contributed by atoms with van der Waals surface area (Å²) in [4.78, 5) is 14.8. The van der Waals surface area contributed by atoms with E-state index in [4.69, 9.17) is 9.47 Å². The summed E-state index contributed by atoms with van der Waals surface area (Å²) in [5, 5.41) is 0. The topological polar surface area (TPSA) is 35.5 Å². The minimum absolute atomic E-state index is 0.149. The van der Waals surface area contributed by atoms with Gasteiger partial charge >= 0.3 is 5.97 Å². The maximum atomic E-state index is 13.5. The molecule has 0 fully saturated rings. The van der Waals surface area contributed by atoms with Crippen molar-refractivity contribution in [2.45, 2.75) is 26.7 Å². The van der Waals surface area contributed by atoms with Crippen LogP contribution in [-0.2, 0) is 4.74 Å². The van der Waals surface area contributed by atoms with Gasteiger partial charge in [-0.1, -0.05) is 26.0 Å². The third-order valence-corrected chi connectivity index (χ3v) is 5.96. The first-order valence-electron chi connectivity index (χ1n) is 9.20. The third kappa shape index (κ3) is 3.94. The van der Waals surface area contributed by atoms with E-state index in [0.717, 1.165) is 32.2 Å². The standard InChI is InChI=1S/C23H23FO3S/c1-5-27-23(25)20-19(15-6-10-17(24)11-7-15)22(28-21(20)14(2)3)16-8-12-18(26-4)13-9-16/h6-14H,5H2,1-4H3. The zero-order valence-electron chi connectivity index (χ0n) is 16.4. The van der Waals surface area contributed by atoms with Gasteiger partial charge in [-0.25, -0.2) is 9.18 Å². The zero-order chi connectivity index (χ0) is 20.3. The van der Waals surface area contributed by atoms with E-state index < -0.39 is 0 Å². The van der Waals surface area contributed by atoms with Crippen LogP contribution in [0.5, 0.6) is 5.75 Å². The second kappa shape index (κ2) is 8.57. The van der Waals surface area contributed by atoms with Crippen molar-refractivity contribution >= 4 is 17.3 Å². The maximum absolute atomic E-state index is 13.5. The molecule has 0 aliphatic rings. The SMILES string of the molecule is CCOC(=O)c1c(C(C)C)sc(-c2ccc(OC)cc2)c1-c1ccc(F)cc1. The number of methoxy groups -OCH3 is 1. The molecule has 5 heteroatoms. The van der Waals surface area contributed by atoms with Gasteiger partial charge < -0.3 is 9.47 Å². The molecule has 2 aromatic carbocycles. The van der Waals surface area contributed by atoms with Crippen molar-refractivity contribution in [1.29, 1.82) is 0 Å². The second-order valence-corrected chi connectivity index (χ2v) is 7.71. The van der Waals surface area contributed by atoms with Gasteiger partial charge in [0, 0.05) is 15.3 Å². The van der Waals surface area contributed by atoms with Gasteiger partial charge in [0.25, 0.3) is 0 Å². The third-order valence-electron chi connectivity index (χ3n) is 4.42. The molecular weight excluding hydrogens is 375 g/mol. The number of hydrogen-bond acceptors (Lipinski definition) is 4. The molecule has 3 nitrogen and oxygen atoms in total. The molecular formula is C23H23FO3S. The van der Waals surface area contributed by atoms with E-state index in [1.165, 1.54) is 12.1 Å². The van der Waals surface area contributed by atoms with E-state index in [0.29, 0.717) is 12.2 Å². The summed E-state index contributed by atoms with van der Waals surface area (Å²) in [6.07, 6.45) is 0. The molecule has 0 aliphatic heterocycles. The van der Waals surface area contributed by atoms with Crippen LogP contribution in [0.3, 0.4) is 0 Å². The predicted octanol–water partition coefficient (Wildman–Crippen LogP) is 6.53. The number of hydrogen-bond donors (Lipinski definition) is 0. The minimum atomic E-state index is -0.346. The summed E-state index contributed by atoms with van der Waals surface area (Å²) in [5.74, 6) is 0.252. The van der Waals surface area contributed by atoms with Crippen LogP contribution in [0, 0.1) is 5.82 Å². The van der Waals surface area contributed by atoms with Crippen LogP contribution in [0.2, 0.25) is 0 Å². The van der Waals surface area contributed by atoms with Gasteiger partial charge in [-0.2, -0.15) is 0 Å². The summed E-state index contributed by atoms with van der Waals surface area (Å²) in [6.45, 7) is 6.20. The lowest BCUT2D eigenvalue weighted by Crippen LogP contribution is -2.08. The molecule has 0 aliphatic carbocycles. The molecule has 0 saturated heterocycles. The Bertz CT molecular complexity index is 957. The fourth-order valence-electron chi connectivity index (χ4n) is 3.10. The first-order chi connectivity index (χ1) is 13.5. The van der Waals surface area contributed by atoms with Crippen LogP contribution in [0.4, 0.5) is 4.39 Å². The smallest absolute Gasteiger partial charge is 0.339 e. The average Bonchev–Trinajstić information content (AvgIpc) is 3.10. The van der Waals surface area contributed by atoms with Crippen molar-refractivity contribution in [2.24, 2.45) is 0 Å². The van der Waals surface area contributed by atoms with E-state index in [1.54, 1.807) is 37.5 Å². The van der Waals surface area contributed by atoms with Crippen molar-refractivity contribution in [3.8, 4) is 27.3 Å². The molecule has 0 unspecified atom stereocenters. The van der Waals surface area contributed by atoms with Gasteiger partial charge in [0.15, 0.2) is 0 Å². The van der Waals surface area contributed by atoms with E-state index in [9.17, 15) is 9.18 Å². The summed E-state index contributed by atoms with van der Waals surface area (Å²) < 4.78 is 24.1. The monoisotopic (exact) mass is 398 g/mol. The summed E-state index contributed by atoms with van der Waals surface area (Å²) >= 11 is 1.58. The number of carbonyl (C=O) groups excluding carboxylic acids is 1. The Morgan fingerprint density at radius 1 is 1.04 bits per heavy atom. The van der Waals surface area contributed by atoms with Crippen LogP contribution in [0.1, 0.15) is 41.9 Å². The molecule has 0 N–H and O–H groups in total. The molecule has 0 radical (unpaired) electrons. The zero-order valence-corrected chi connectivity index (χ0v) is 17.2. The molecule has 146 valence electrons. The number of carbonyl (C=O) groups is 1. The predicted molar refractivity (Wildman–Crippen MR) is 112 cm³/mol. The Labute approximate surface area is 168 Å². The molecule has 3 aromatic rings. The fraction of sp³-hybridized carbons (Fsp3) is 0.261. The molecule has 1 heterocycles. The molecule has 0 amide bonds. The Morgan fingerprint density at radius 3 is 2.18 bits per heavy atom. The lowest BCUT2D eigenvalue weighted by atomic mass is 9.95. The van der Waals surface area contributed by atoms with Crippen molar-refractivity contribution in [3.63, 3.8) is 0 Å². The summed E-state index contributed by atoms with van der Waals surface area (Å²) in [6, 6.07) is 14.0. The van der Waals surface area contributed by atoms with E-state index in [1.807, 2.05) is 24.3 Å². The highest BCUT2D eigenvalue weighted by atomic mass is 32.1. The van der Waals surface area contributed by atoms with Gasteiger partial charge in [-0.15, -0.1) is 11.3 Å². The van der Waals surface area contributed by atoms with Gasteiger partial charge in [0.05, 0.1) is 19.3 Å². The largest absolute Gasteiger partial charge is 0.497 e. The quantitative estimate of drug-likeness (QED) is 0.443. The summed E-state index contributed by atoms with van der Waals surface area (Å²) in [5.41, 5.74) is 3.12. The van der Waals surface area contributed by atoms with E-state index >= 15 is 0 Å². The van der Waals surface area contributed by atoms with Gasteiger partial charge in [0.2, 0.25) is 0 Å². The summed E-state index contributed by atoms with van der Waals surface area (Å²) in [7, 11) is 1.62. The van der Waals surface area contributed by atoms with Gasteiger partial charge in [-0.05, 0) is 60.4 Å². The first-order valence-corrected chi connectivity index (χ1v) is 10.0. The van der Waals surface area contributed by atoms with Crippen LogP contribution >= 0.6 is 11.3 Å². The number of ether oxygens (including phenoxy) is 2. The molecule has 0 bridgehead atoms. The highest BCUT2D eigenvalue weighted by molar-refractivity contribution is 7.16. The number of esters is 1. The second-order valence-electron chi connectivity index (χ2n) is 6.66. The Balaban J connectivity index is 2.29.